The van der Waals surface area contributed by atoms with E-state index in [-0.39, 0.29) is 24.1 Å². The van der Waals surface area contributed by atoms with Crippen LogP contribution in [0.1, 0.15) is 5.56 Å². The van der Waals surface area contributed by atoms with Crippen molar-refractivity contribution in [1.29, 1.82) is 0 Å². The number of amides is 2. The largest absolute Gasteiger partial charge is 0.508 e. The number of carbonyl (C=O) groups is 2. The van der Waals surface area contributed by atoms with E-state index >= 15 is 0 Å². The number of thioether (sulfide) groups is 1. The summed E-state index contributed by atoms with van der Waals surface area (Å²) in [4.78, 5) is 27.5. The van der Waals surface area contributed by atoms with Crippen molar-refractivity contribution in [3.63, 3.8) is 0 Å². The molecule has 0 spiro atoms. The summed E-state index contributed by atoms with van der Waals surface area (Å²) in [5.74, 6) is -0.548. The number of aromatic hydroxyl groups is 1. The summed E-state index contributed by atoms with van der Waals surface area (Å²) >= 11 is 6.62. The normalized spacial score (nSPS) is 15.0. The second-order valence-electron chi connectivity index (χ2n) is 7.60. The Morgan fingerprint density at radius 2 is 1.58 bits per heavy atom. The van der Waals surface area contributed by atoms with Crippen LogP contribution in [-0.2, 0) is 9.59 Å². The summed E-state index contributed by atoms with van der Waals surface area (Å²) < 4.78 is 0.344. The number of carbonyl (C=O) groups excluding carboxylic acids is 2. The number of phenols is 1. The summed E-state index contributed by atoms with van der Waals surface area (Å²) in [5.41, 5.74) is 1.48. The Hall–Kier alpha value is -3.68. The summed E-state index contributed by atoms with van der Waals surface area (Å²) in [6.45, 7) is -0.181. The van der Waals surface area contributed by atoms with Gasteiger partial charge < -0.3 is 10.4 Å². The topological polar surface area (TPSA) is 69.6 Å². The van der Waals surface area contributed by atoms with Crippen molar-refractivity contribution in [2.24, 2.45) is 0 Å². The molecule has 2 amide bonds. The Kier molecular flexibility index (Phi) is 5.58. The monoisotopic (exact) mass is 470 g/mol. The number of fused-ring (bicyclic) bond motifs is 2. The van der Waals surface area contributed by atoms with Gasteiger partial charge in [0.25, 0.3) is 5.91 Å². The number of rotatable bonds is 4. The van der Waals surface area contributed by atoms with E-state index in [0.717, 1.165) is 27.1 Å². The van der Waals surface area contributed by atoms with Crippen LogP contribution in [0, 0.1) is 0 Å². The quantitative estimate of drug-likeness (QED) is 0.177. The highest BCUT2D eigenvalue weighted by atomic mass is 32.2. The maximum atomic E-state index is 13.2. The van der Waals surface area contributed by atoms with Crippen LogP contribution < -0.4 is 5.32 Å². The van der Waals surface area contributed by atoms with Gasteiger partial charge in [0.15, 0.2) is 0 Å². The van der Waals surface area contributed by atoms with Crippen molar-refractivity contribution < 1.29 is 14.7 Å². The van der Waals surface area contributed by atoms with Crippen molar-refractivity contribution in [3.05, 3.63) is 89.3 Å². The lowest BCUT2D eigenvalue weighted by Crippen LogP contribution is -2.36. The minimum absolute atomic E-state index is 0.107. The Morgan fingerprint density at radius 3 is 2.21 bits per heavy atom. The highest BCUT2D eigenvalue weighted by molar-refractivity contribution is 8.26. The number of hydrogen-bond donors (Lipinski definition) is 2. The van der Waals surface area contributed by atoms with Crippen LogP contribution in [0.4, 0.5) is 5.69 Å². The fourth-order valence-electron chi connectivity index (χ4n) is 3.86. The van der Waals surface area contributed by atoms with Gasteiger partial charge in [0, 0.05) is 5.69 Å². The fraction of sp³-hybridized carbons (Fsp3) is 0.0385. The van der Waals surface area contributed by atoms with Crippen LogP contribution in [0.2, 0.25) is 0 Å². The molecule has 4 aromatic rings. The van der Waals surface area contributed by atoms with Gasteiger partial charge in [0.05, 0.1) is 4.91 Å². The third kappa shape index (κ3) is 4.20. The number of nitrogens with one attached hydrogen (secondary N) is 1. The number of nitrogens with zero attached hydrogens (tertiary/aromatic N) is 1. The van der Waals surface area contributed by atoms with Crippen molar-refractivity contribution in [2.75, 3.05) is 11.9 Å². The summed E-state index contributed by atoms with van der Waals surface area (Å²) in [5, 5.41) is 16.4. The molecule has 162 valence electrons. The molecular weight excluding hydrogens is 452 g/mol. The molecule has 0 radical (unpaired) electrons. The van der Waals surface area contributed by atoms with Crippen molar-refractivity contribution in [3.8, 4) is 5.75 Å². The van der Waals surface area contributed by atoms with E-state index in [0.29, 0.717) is 14.9 Å². The standard InChI is InChI=1S/C26H18N2O3S2/c29-19-11-9-18(10-12-19)27-24(30)15-28-25(31)23(33-26(28)32)14-22-20-7-3-1-5-16(20)13-17-6-2-4-8-21(17)22/h1-14,29H,15H2,(H,27,30)/b23-14-. The third-order valence-corrected chi connectivity index (χ3v) is 6.79. The molecule has 0 atom stereocenters. The van der Waals surface area contributed by atoms with E-state index in [1.807, 2.05) is 42.5 Å². The van der Waals surface area contributed by atoms with E-state index in [1.165, 1.54) is 28.8 Å². The average Bonchev–Trinajstić information content (AvgIpc) is 3.07. The SMILES string of the molecule is O=C(CN1C(=O)/C(=C/c2c3ccccc3cc3ccccc23)SC1=S)Nc1ccc(O)cc1. The molecule has 7 heteroatoms. The first-order chi connectivity index (χ1) is 16.0. The van der Waals surface area contributed by atoms with E-state index in [2.05, 4.69) is 23.5 Å². The first-order valence-electron chi connectivity index (χ1n) is 10.2. The van der Waals surface area contributed by atoms with Gasteiger partial charge in [-0.1, -0.05) is 72.5 Å². The molecule has 1 saturated heterocycles. The molecule has 1 aliphatic heterocycles. The van der Waals surface area contributed by atoms with Crippen LogP contribution in [-0.4, -0.2) is 32.7 Å². The fourth-order valence-corrected chi connectivity index (χ4v) is 5.10. The second-order valence-corrected chi connectivity index (χ2v) is 9.27. The summed E-state index contributed by atoms with van der Waals surface area (Å²) in [6, 6.07) is 24.4. The van der Waals surface area contributed by atoms with Gasteiger partial charge in [-0.2, -0.15) is 0 Å². The van der Waals surface area contributed by atoms with Crippen LogP contribution >= 0.6 is 24.0 Å². The predicted molar refractivity (Wildman–Crippen MR) is 138 cm³/mol. The Morgan fingerprint density at radius 1 is 0.970 bits per heavy atom. The molecule has 1 fully saturated rings. The molecular formula is C26H18N2O3S2. The maximum absolute atomic E-state index is 13.2. The highest BCUT2D eigenvalue weighted by Crippen LogP contribution is 2.36. The van der Waals surface area contributed by atoms with Crippen LogP contribution in [0.25, 0.3) is 27.6 Å². The molecule has 0 aromatic heterocycles. The molecule has 0 saturated carbocycles. The molecule has 4 aromatic carbocycles. The van der Waals surface area contributed by atoms with E-state index < -0.39 is 0 Å². The molecule has 2 N–H and O–H groups in total. The number of benzene rings is 4. The first kappa shape index (κ1) is 21.2. The second kappa shape index (κ2) is 8.69. The van der Waals surface area contributed by atoms with Gasteiger partial charge >= 0.3 is 0 Å². The minimum Gasteiger partial charge on any atom is -0.508 e. The number of hydrogen-bond acceptors (Lipinski definition) is 5. The Labute approximate surface area is 199 Å². The molecule has 1 heterocycles. The van der Waals surface area contributed by atoms with Gasteiger partial charge in [-0.25, -0.2) is 0 Å². The predicted octanol–water partition coefficient (Wildman–Crippen LogP) is 5.54. The van der Waals surface area contributed by atoms with Gasteiger partial charge in [-0.15, -0.1) is 0 Å². The number of thiocarbonyl (C=S) groups is 1. The van der Waals surface area contributed by atoms with Gasteiger partial charge in [-0.05, 0) is 63.5 Å². The lowest BCUT2D eigenvalue weighted by atomic mass is 9.96. The van der Waals surface area contributed by atoms with E-state index in [4.69, 9.17) is 12.2 Å². The maximum Gasteiger partial charge on any atom is 0.266 e. The van der Waals surface area contributed by atoms with Gasteiger partial charge in [0.2, 0.25) is 5.91 Å². The molecule has 1 aliphatic rings. The lowest BCUT2D eigenvalue weighted by Gasteiger charge is -2.14. The number of anilines is 1. The zero-order valence-corrected chi connectivity index (χ0v) is 19.0. The first-order valence-corrected chi connectivity index (χ1v) is 11.5. The molecule has 33 heavy (non-hydrogen) atoms. The van der Waals surface area contributed by atoms with Crippen molar-refractivity contribution >= 4 is 73.4 Å². The van der Waals surface area contributed by atoms with Crippen LogP contribution in [0.15, 0.2) is 83.8 Å². The zero-order valence-electron chi connectivity index (χ0n) is 17.3. The van der Waals surface area contributed by atoms with E-state index in [1.54, 1.807) is 12.1 Å². The van der Waals surface area contributed by atoms with Gasteiger partial charge in [0.1, 0.15) is 16.6 Å². The molecule has 0 bridgehead atoms. The Balaban J connectivity index is 1.45. The Bertz CT molecular complexity index is 1410. The minimum atomic E-state index is -0.367. The van der Waals surface area contributed by atoms with E-state index in [9.17, 15) is 14.7 Å². The zero-order chi connectivity index (χ0) is 22.9. The molecule has 0 unspecified atom stereocenters. The number of phenolic OH excluding ortho intramolecular Hbond substituents is 1. The van der Waals surface area contributed by atoms with Crippen molar-refractivity contribution in [1.82, 2.24) is 4.90 Å². The molecule has 0 aliphatic carbocycles. The van der Waals surface area contributed by atoms with Gasteiger partial charge in [-0.3, -0.25) is 14.5 Å². The van der Waals surface area contributed by atoms with Crippen LogP contribution in [0.3, 0.4) is 0 Å². The smallest absolute Gasteiger partial charge is 0.266 e. The molecule has 5 rings (SSSR count). The summed E-state index contributed by atoms with van der Waals surface area (Å²) in [7, 11) is 0. The van der Waals surface area contributed by atoms with Crippen LogP contribution in [0.5, 0.6) is 5.75 Å². The lowest BCUT2D eigenvalue weighted by molar-refractivity contribution is -0.126. The highest BCUT2D eigenvalue weighted by Gasteiger charge is 2.33. The average molecular weight is 471 g/mol. The molecule has 5 nitrogen and oxygen atoms in total. The third-order valence-electron chi connectivity index (χ3n) is 5.41. The van der Waals surface area contributed by atoms with Crippen molar-refractivity contribution in [2.45, 2.75) is 0 Å². The summed E-state index contributed by atoms with van der Waals surface area (Å²) in [6.07, 6.45) is 1.88.